The average molecular weight is 256 g/mol. The highest BCUT2D eigenvalue weighted by Crippen LogP contribution is 2.04. The smallest absolute Gasteiger partial charge is 0.0594 e. The third kappa shape index (κ3) is 6.67. The molecule has 0 fully saturated rings. The van der Waals surface area contributed by atoms with E-state index in [1.807, 2.05) is 19.9 Å². The lowest BCUT2D eigenvalue weighted by Gasteiger charge is -2.16. The fourth-order valence-corrected chi connectivity index (χ4v) is 1.86. The van der Waals surface area contributed by atoms with Gasteiger partial charge in [-0.1, -0.05) is 30.3 Å². The third-order valence-corrected chi connectivity index (χ3v) is 2.87. The predicted octanol–water partition coefficient (Wildman–Crippen LogP) is 2.85. The standard InChI is InChI=1S/C14H22ClNO/c1-12(2)17-9-8-16-14(11-15)10-13-6-4-3-5-7-13/h3-7,12,14,16H,8-11H2,1-2H3. The molecule has 1 aromatic carbocycles. The molecule has 0 radical (unpaired) electrons. The van der Waals surface area contributed by atoms with Crippen molar-refractivity contribution in [3.63, 3.8) is 0 Å². The zero-order valence-electron chi connectivity index (χ0n) is 10.7. The van der Waals surface area contributed by atoms with Crippen molar-refractivity contribution < 1.29 is 4.74 Å². The summed E-state index contributed by atoms with van der Waals surface area (Å²) in [5.74, 6) is 0.622. The Kier molecular flexibility index (Phi) is 7.25. The molecule has 0 amide bonds. The highest BCUT2D eigenvalue weighted by atomic mass is 35.5. The normalized spacial score (nSPS) is 12.9. The molecule has 0 spiro atoms. The van der Waals surface area contributed by atoms with Gasteiger partial charge in [-0.3, -0.25) is 0 Å². The van der Waals surface area contributed by atoms with Gasteiger partial charge in [-0.05, 0) is 25.8 Å². The molecule has 1 unspecified atom stereocenters. The van der Waals surface area contributed by atoms with Gasteiger partial charge in [0.1, 0.15) is 0 Å². The fourth-order valence-electron chi connectivity index (χ4n) is 1.64. The van der Waals surface area contributed by atoms with E-state index in [0.717, 1.165) is 19.6 Å². The minimum atomic E-state index is 0.292. The summed E-state index contributed by atoms with van der Waals surface area (Å²) in [5.41, 5.74) is 1.32. The minimum absolute atomic E-state index is 0.292. The SMILES string of the molecule is CC(C)OCCNC(CCl)Cc1ccccc1. The molecule has 0 saturated carbocycles. The van der Waals surface area contributed by atoms with Gasteiger partial charge in [0.2, 0.25) is 0 Å². The Morgan fingerprint density at radius 1 is 1.24 bits per heavy atom. The number of hydrogen-bond donors (Lipinski definition) is 1. The Labute approximate surface area is 109 Å². The maximum Gasteiger partial charge on any atom is 0.0594 e. The third-order valence-electron chi connectivity index (χ3n) is 2.50. The Balaban J connectivity index is 2.24. The number of nitrogens with one attached hydrogen (secondary N) is 1. The summed E-state index contributed by atoms with van der Waals surface area (Å²) >= 11 is 5.96. The van der Waals surface area contributed by atoms with Crippen LogP contribution in [0.2, 0.25) is 0 Å². The van der Waals surface area contributed by atoms with E-state index in [9.17, 15) is 0 Å². The molecule has 0 bridgehead atoms. The molecule has 1 atom stereocenters. The quantitative estimate of drug-likeness (QED) is 0.570. The lowest BCUT2D eigenvalue weighted by Crippen LogP contribution is -2.35. The Morgan fingerprint density at radius 2 is 1.94 bits per heavy atom. The molecule has 17 heavy (non-hydrogen) atoms. The summed E-state index contributed by atoms with van der Waals surface area (Å²) in [6.07, 6.45) is 1.26. The summed E-state index contributed by atoms with van der Waals surface area (Å²) in [7, 11) is 0. The van der Waals surface area contributed by atoms with Crippen LogP contribution in [0.3, 0.4) is 0 Å². The van der Waals surface area contributed by atoms with Gasteiger partial charge in [0.15, 0.2) is 0 Å². The lowest BCUT2D eigenvalue weighted by atomic mass is 10.1. The molecule has 0 aliphatic rings. The van der Waals surface area contributed by atoms with Gasteiger partial charge >= 0.3 is 0 Å². The monoisotopic (exact) mass is 255 g/mol. The molecular formula is C14H22ClNO. The minimum Gasteiger partial charge on any atom is -0.377 e. The van der Waals surface area contributed by atoms with Gasteiger partial charge < -0.3 is 10.1 Å². The highest BCUT2D eigenvalue weighted by Gasteiger charge is 2.07. The average Bonchev–Trinajstić information content (AvgIpc) is 2.34. The van der Waals surface area contributed by atoms with Gasteiger partial charge in [-0.25, -0.2) is 0 Å². The molecule has 3 heteroatoms. The molecule has 0 aromatic heterocycles. The van der Waals surface area contributed by atoms with Gasteiger partial charge in [-0.2, -0.15) is 0 Å². The number of alkyl halides is 1. The largest absolute Gasteiger partial charge is 0.377 e. The van der Waals surface area contributed by atoms with Crippen molar-refractivity contribution in [3.8, 4) is 0 Å². The van der Waals surface area contributed by atoms with Crippen LogP contribution >= 0.6 is 11.6 Å². The Morgan fingerprint density at radius 3 is 2.53 bits per heavy atom. The van der Waals surface area contributed by atoms with E-state index in [-0.39, 0.29) is 0 Å². The van der Waals surface area contributed by atoms with E-state index in [2.05, 4.69) is 29.6 Å². The summed E-state index contributed by atoms with van der Waals surface area (Å²) in [6, 6.07) is 10.7. The van der Waals surface area contributed by atoms with Gasteiger partial charge in [-0.15, -0.1) is 11.6 Å². The van der Waals surface area contributed by atoms with Crippen LogP contribution < -0.4 is 5.32 Å². The number of hydrogen-bond acceptors (Lipinski definition) is 2. The van der Waals surface area contributed by atoms with Crippen LogP contribution in [0.5, 0.6) is 0 Å². The van der Waals surface area contributed by atoms with Crippen LogP contribution in [0.25, 0.3) is 0 Å². The number of benzene rings is 1. The maximum absolute atomic E-state index is 5.96. The molecule has 0 saturated heterocycles. The maximum atomic E-state index is 5.96. The van der Waals surface area contributed by atoms with Crippen LogP contribution in [0, 0.1) is 0 Å². The summed E-state index contributed by atoms with van der Waals surface area (Å²) in [5, 5.41) is 3.42. The first kappa shape index (κ1) is 14.5. The Hall–Kier alpha value is -0.570. The van der Waals surface area contributed by atoms with Crippen LogP contribution in [0.15, 0.2) is 30.3 Å². The molecule has 0 heterocycles. The van der Waals surface area contributed by atoms with Crippen LogP contribution in [0.4, 0.5) is 0 Å². The van der Waals surface area contributed by atoms with E-state index in [4.69, 9.17) is 16.3 Å². The second kappa shape index (κ2) is 8.51. The van der Waals surface area contributed by atoms with E-state index < -0.39 is 0 Å². The van der Waals surface area contributed by atoms with Gasteiger partial charge in [0.25, 0.3) is 0 Å². The summed E-state index contributed by atoms with van der Waals surface area (Å²) in [6.45, 7) is 5.67. The molecule has 1 N–H and O–H groups in total. The molecular weight excluding hydrogens is 234 g/mol. The van der Waals surface area contributed by atoms with Crippen LogP contribution in [-0.4, -0.2) is 31.2 Å². The molecule has 0 aliphatic carbocycles. The van der Waals surface area contributed by atoms with E-state index in [1.54, 1.807) is 0 Å². The molecule has 1 rings (SSSR count). The van der Waals surface area contributed by atoms with Crippen LogP contribution in [-0.2, 0) is 11.2 Å². The lowest BCUT2D eigenvalue weighted by molar-refractivity contribution is 0.0797. The van der Waals surface area contributed by atoms with E-state index >= 15 is 0 Å². The first-order chi connectivity index (χ1) is 8.22. The first-order valence-corrected chi connectivity index (χ1v) is 6.70. The zero-order chi connectivity index (χ0) is 12.5. The van der Waals surface area contributed by atoms with Crippen molar-refractivity contribution in [2.45, 2.75) is 32.4 Å². The fraction of sp³-hybridized carbons (Fsp3) is 0.571. The van der Waals surface area contributed by atoms with Crippen molar-refractivity contribution in [2.75, 3.05) is 19.0 Å². The van der Waals surface area contributed by atoms with Crippen molar-refractivity contribution >= 4 is 11.6 Å². The van der Waals surface area contributed by atoms with E-state index in [0.29, 0.717) is 18.0 Å². The molecule has 1 aromatic rings. The summed E-state index contributed by atoms with van der Waals surface area (Å²) in [4.78, 5) is 0. The number of halogens is 1. The van der Waals surface area contributed by atoms with Crippen molar-refractivity contribution in [2.24, 2.45) is 0 Å². The zero-order valence-corrected chi connectivity index (χ0v) is 11.4. The van der Waals surface area contributed by atoms with Gasteiger partial charge in [0.05, 0.1) is 12.7 Å². The van der Waals surface area contributed by atoms with Crippen LogP contribution in [0.1, 0.15) is 19.4 Å². The topological polar surface area (TPSA) is 21.3 Å². The summed E-state index contributed by atoms with van der Waals surface area (Å²) < 4.78 is 5.48. The Bertz CT molecular complexity index is 290. The highest BCUT2D eigenvalue weighted by molar-refractivity contribution is 6.18. The van der Waals surface area contributed by atoms with Crippen molar-refractivity contribution in [3.05, 3.63) is 35.9 Å². The predicted molar refractivity (Wildman–Crippen MR) is 73.7 cm³/mol. The van der Waals surface area contributed by atoms with Crippen molar-refractivity contribution in [1.82, 2.24) is 5.32 Å². The molecule has 0 aliphatic heterocycles. The van der Waals surface area contributed by atoms with Crippen molar-refractivity contribution in [1.29, 1.82) is 0 Å². The second-order valence-electron chi connectivity index (χ2n) is 4.41. The van der Waals surface area contributed by atoms with Gasteiger partial charge in [0, 0.05) is 18.5 Å². The number of ether oxygens (including phenoxy) is 1. The first-order valence-electron chi connectivity index (χ1n) is 6.17. The second-order valence-corrected chi connectivity index (χ2v) is 4.72. The van der Waals surface area contributed by atoms with E-state index in [1.165, 1.54) is 5.56 Å². The number of rotatable bonds is 8. The molecule has 96 valence electrons. The molecule has 2 nitrogen and oxygen atoms in total.